The van der Waals surface area contributed by atoms with E-state index in [1.165, 1.54) is 0 Å². The van der Waals surface area contributed by atoms with Crippen LogP contribution in [0.4, 0.5) is 0 Å². The van der Waals surface area contributed by atoms with E-state index in [1.807, 2.05) is 74.5 Å². The van der Waals surface area contributed by atoms with Crippen LogP contribution in [0.25, 0.3) is 0 Å². The number of carbonyl (C=O) groups excluding carboxylic acids is 4. The van der Waals surface area contributed by atoms with Crippen molar-refractivity contribution < 1.29 is 24.3 Å². The van der Waals surface area contributed by atoms with E-state index in [4.69, 9.17) is 5.73 Å². The van der Waals surface area contributed by atoms with Gasteiger partial charge in [0.05, 0.1) is 6.61 Å². The summed E-state index contributed by atoms with van der Waals surface area (Å²) in [4.78, 5) is 50.2. The summed E-state index contributed by atoms with van der Waals surface area (Å²) in [6, 6.07) is 15.5. The van der Waals surface area contributed by atoms with Crippen molar-refractivity contribution in [1.29, 1.82) is 0 Å². The van der Waals surface area contributed by atoms with Crippen molar-refractivity contribution in [3.8, 4) is 0 Å². The smallest absolute Gasteiger partial charge is 0.245 e. The molecule has 3 atom stereocenters. The van der Waals surface area contributed by atoms with Crippen LogP contribution < -0.4 is 21.7 Å². The molecule has 36 heavy (non-hydrogen) atoms. The van der Waals surface area contributed by atoms with E-state index in [2.05, 4.69) is 16.0 Å². The van der Waals surface area contributed by atoms with E-state index >= 15 is 0 Å². The Kier molecular flexibility index (Phi) is 11.6. The van der Waals surface area contributed by atoms with Crippen molar-refractivity contribution in [1.82, 2.24) is 16.0 Å². The fraction of sp³-hybridized carbons (Fsp3) is 0.407. The van der Waals surface area contributed by atoms with E-state index in [0.717, 1.165) is 11.1 Å². The minimum atomic E-state index is -1.31. The second kappa shape index (κ2) is 14.6. The highest BCUT2D eigenvalue weighted by atomic mass is 16.3. The standard InChI is InChI=1S/C27H36N4O5/c1-18(2)15-21(25(28)34)30-27(36)23(17-32)31-26(35)22(16-20-11-7-4-8-12-20)29-24(33)14-13-19-9-5-3-6-10-19/h3-12,18,21-23,32H,13-17H2,1-2H3,(H2,28,34)(H,29,33)(H,30,36)(H,31,35)/t21-,22-,23-/m0/s1. The monoisotopic (exact) mass is 496 g/mol. The second-order valence-electron chi connectivity index (χ2n) is 9.13. The van der Waals surface area contributed by atoms with Crippen LogP contribution >= 0.6 is 0 Å². The number of aryl methyl sites for hydroxylation is 1. The molecule has 9 heteroatoms. The minimum absolute atomic E-state index is 0.0892. The zero-order valence-electron chi connectivity index (χ0n) is 20.8. The Morgan fingerprint density at radius 2 is 1.31 bits per heavy atom. The summed E-state index contributed by atoms with van der Waals surface area (Å²) in [5.74, 6) is -2.28. The van der Waals surface area contributed by atoms with Gasteiger partial charge in [-0.25, -0.2) is 0 Å². The van der Waals surface area contributed by atoms with Gasteiger partial charge in [0.1, 0.15) is 18.1 Å². The van der Waals surface area contributed by atoms with Crippen molar-refractivity contribution in [2.24, 2.45) is 11.7 Å². The Morgan fingerprint density at radius 1 is 0.778 bits per heavy atom. The number of benzene rings is 2. The van der Waals surface area contributed by atoms with Gasteiger partial charge >= 0.3 is 0 Å². The van der Waals surface area contributed by atoms with Crippen molar-refractivity contribution in [3.05, 3.63) is 71.8 Å². The highest BCUT2D eigenvalue weighted by Crippen LogP contribution is 2.08. The first-order valence-electron chi connectivity index (χ1n) is 12.1. The Labute approximate surface area is 211 Å². The van der Waals surface area contributed by atoms with Crippen LogP contribution in [0.1, 0.15) is 37.8 Å². The molecular weight excluding hydrogens is 460 g/mol. The van der Waals surface area contributed by atoms with Gasteiger partial charge in [-0.3, -0.25) is 19.2 Å². The first-order valence-corrected chi connectivity index (χ1v) is 12.1. The predicted octanol–water partition coefficient (Wildman–Crippen LogP) is 0.840. The number of nitrogens with one attached hydrogen (secondary N) is 3. The maximum atomic E-state index is 13.1. The van der Waals surface area contributed by atoms with Crippen molar-refractivity contribution in [2.75, 3.05) is 6.61 Å². The number of aliphatic hydroxyl groups is 1. The summed E-state index contributed by atoms with van der Waals surface area (Å²) in [7, 11) is 0. The van der Waals surface area contributed by atoms with Crippen LogP contribution in [0.5, 0.6) is 0 Å². The number of rotatable bonds is 14. The van der Waals surface area contributed by atoms with Gasteiger partial charge in [0.25, 0.3) is 0 Å². The molecule has 9 nitrogen and oxygen atoms in total. The zero-order valence-corrected chi connectivity index (χ0v) is 20.8. The predicted molar refractivity (Wildman–Crippen MR) is 136 cm³/mol. The van der Waals surface area contributed by atoms with Gasteiger partial charge in [0.15, 0.2) is 0 Å². The highest BCUT2D eigenvalue weighted by Gasteiger charge is 2.29. The topological polar surface area (TPSA) is 151 Å². The van der Waals surface area contributed by atoms with E-state index in [9.17, 15) is 24.3 Å². The quantitative estimate of drug-likeness (QED) is 0.263. The summed E-state index contributed by atoms with van der Waals surface area (Å²) < 4.78 is 0. The Morgan fingerprint density at radius 3 is 1.83 bits per heavy atom. The van der Waals surface area contributed by atoms with Crippen LogP contribution in [0.15, 0.2) is 60.7 Å². The van der Waals surface area contributed by atoms with Gasteiger partial charge in [0.2, 0.25) is 23.6 Å². The molecule has 2 aromatic rings. The van der Waals surface area contributed by atoms with E-state index in [-0.39, 0.29) is 24.7 Å². The molecule has 0 fully saturated rings. The van der Waals surface area contributed by atoms with Gasteiger partial charge in [-0.05, 0) is 29.9 Å². The molecule has 0 aliphatic rings. The second-order valence-corrected chi connectivity index (χ2v) is 9.13. The number of amides is 4. The molecule has 2 aromatic carbocycles. The molecule has 0 bridgehead atoms. The van der Waals surface area contributed by atoms with Gasteiger partial charge < -0.3 is 26.8 Å². The van der Waals surface area contributed by atoms with Crippen LogP contribution in [0.2, 0.25) is 0 Å². The normalized spacial score (nSPS) is 13.3. The molecule has 0 saturated heterocycles. The number of hydrogen-bond donors (Lipinski definition) is 5. The first-order chi connectivity index (χ1) is 17.2. The van der Waals surface area contributed by atoms with Crippen molar-refractivity contribution in [2.45, 2.75) is 57.7 Å². The van der Waals surface area contributed by atoms with E-state index in [0.29, 0.717) is 12.8 Å². The van der Waals surface area contributed by atoms with Crippen molar-refractivity contribution >= 4 is 23.6 Å². The van der Waals surface area contributed by atoms with Crippen LogP contribution in [0, 0.1) is 5.92 Å². The minimum Gasteiger partial charge on any atom is -0.394 e. The number of primary amides is 1. The maximum Gasteiger partial charge on any atom is 0.245 e. The molecular formula is C27H36N4O5. The number of nitrogens with two attached hydrogens (primary N) is 1. The molecule has 0 aromatic heterocycles. The summed E-state index contributed by atoms with van der Waals surface area (Å²) >= 11 is 0. The lowest BCUT2D eigenvalue weighted by Crippen LogP contribution is -2.58. The number of aliphatic hydroxyl groups excluding tert-OH is 1. The molecule has 6 N–H and O–H groups in total. The average molecular weight is 497 g/mol. The Hall–Kier alpha value is -3.72. The summed E-state index contributed by atoms with van der Waals surface area (Å²) in [5.41, 5.74) is 7.20. The van der Waals surface area contributed by atoms with Gasteiger partial charge in [-0.1, -0.05) is 74.5 Å². The molecule has 194 valence electrons. The first kappa shape index (κ1) is 28.5. The van der Waals surface area contributed by atoms with Gasteiger partial charge in [-0.15, -0.1) is 0 Å². The van der Waals surface area contributed by atoms with Crippen LogP contribution in [-0.4, -0.2) is 53.5 Å². The lowest BCUT2D eigenvalue weighted by molar-refractivity contribution is -0.134. The lowest BCUT2D eigenvalue weighted by atomic mass is 10.0. The molecule has 0 radical (unpaired) electrons. The largest absolute Gasteiger partial charge is 0.394 e. The van der Waals surface area contributed by atoms with Crippen molar-refractivity contribution in [3.63, 3.8) is 0 Å². The summed E-state index contributed by atoms with van der Waals surface area (Å²) in [6.07, 6.45) is 1.21. The number of hydrogen-bond acceptors (Lipinski definition) is 5. The molecule has 0 heterocycles. The van der Waals surface area contributed by atoms with E-state index < -0.39 is 42.5 Å². The molecule has 0 spiro atoms. The third-order valence-corrected chi connectivity index (χ3v) is 5.60. The molecule has 2 rings (SSSR count). The Bertz CT molecular complexity index is 998. The fourth-order valence-electron chi connectivity index (χ4n) is 3.68. The van der Waals surface area contributed by atoms with Gasteiger partial charge in [-0.2, -0.15) is 0 Å². The summed E-state index contributed by atoms with van der Waals surface area (Å²) in [6.45, 7) is 3.06. The summed E-state index contributed by atoms with van der Waals surface area (Å²) in [5, 5.41) is 17.5. The third-order valence-electron chi connectivity index (χ3n) is 5.60. The Balaban J connectivity index is 2.08. The van der Waals surface area contributed by atoms with Crippen LogP contribution in [0.3, 0.4) is 0 Å². The molecule has 0 saturated carbocycles. The molecule has 0 aliphatic carbocycles. The SMILES string of the molecule is CC(C)C[C@H](NC(=O)[C@H](CO)NC(=O)[C@H](Cc1ccccc1)NC(=O)CCc1ccccc1)C(N)=O. The highest BCUT2D eigenvalue weighted by molar-refractivity contribution is 5.94. The molecule has 0 aliphatic heterocycles. The fourth-order valence-corrected chi connectivity index (χ4v) is 3.68. The maximum absolute atomic E-state index is 13.1. The van der Waals surface area contributed by atoms with Gasteiger partial charge in [0, 0.05) is 12.8 Å². The van der Waals surface area contributed by atoms with Crippen LogP contribution in [-0.2, 0) is 32.0 Å². The van der Waals surface area contributed by atoms with E-state index in [1.54, 1.807) is 0 Å². The lowest BCUT2D eigenvalue weighted by Gasteiger charge is -2.24. The molecule has 0 unspecified atom stereocenters. The number of carbonyl (C=O) groups is 4. The third kappa shape index (κ3) is 9.87. The zero-order chi connectivity index (χ0) is 26.5. The molecule has 4 amide bonds. The average Bonchev–Trinajstić information content (AvgIpc) is 2.86.